The smallest absolute Gasteiger partial charge is 0.228 e. The van der Waals surface area contributed by atoms with Crippen LogP contribution in [0.3, 0.4) is 0 Å². The summed E-state index contributed by atoms with van der Waals surface area (Å²) in [5.74, 6) is 0.0118. The number of rotatable bonds is 4. The first-order valence-corrected chi connectivity index (χ1v) is 7.00. The number of amides is 2. The second-order valence-electron chi connectivity index (χ2n) is 5.33. The van der Waals surface area contributed by atoms with Gasteiger partial charge in [-0.3, -0.25) is 9.59 Å². The van der Waals surface area contributed by atoms with E-state index in [0.717, 1.165) is 36.3 Å². The zero-order valence-electron chi connectivity index (χ0n) is 11.3. The zero-order valence-corrected chi connectivity index (χ0v) is 11.3. The molecule has 1 aromatic carbocycles. The van der Waals surface area contributed by atoms with Gasteiger partial charge in [-0.25, -0.2) is 0 Å². The molecule has 20 heavy (non-hydrogen) atoms. The Balaban J connectivity index is 1.53. The second kappa shape index (κ2) is 5.63. The molecule has 106 valence electrons. The number of hydrogen-bond donors (Lipinski definition) is 2. The molecule has 2 N–H and O–H groups in total. The molecule has 0 aromatic heterocycles. The van der Waals surface area contributed by atoms with Gasteiger partial charge in [0.2, 0.25) is 11.8 Å². The van der Waals surface area contributed by atoms with Crippen molar-refractivity contribution >= 4 is 17.5 Å². The summed E-state index contributed by atoms with van der Waals surface area (Å²) in [6.07, 6.45) is 3.01. The van der Waals surface area contributed by atoms with Crippen molar-refractivity contribution in [3.63, 3.8) is 0 Å². The molecule has 0 aliphatic carbocycles. The Labute approximate surface area is 117 Å². The van der Waals surface area contributed by atoms with Crippen LogP contribution in [0.4, 0.5) is 5.69 Å². The van der Waals surface area contributed by atoms with Crippen molar-refractivity contribution in [3.05, 3.63) is 29.3 Å². The van der Waals surface area contributed by atoms with Crippen molar-refractivity contribution in [1.82, 2.24) is 5.32 Å². The first kappa shape index (κ1) is 13.1. The largest absolute Gasteiger partial charge is 0.376 e. The Hall–Kier alpha value is -1.88. The number of carbonyl (C=O) groups excluding carboxylic acids is 2. The van der Waals surface area contributed by atoms with Crippen molar-refractivity contribution in [3.8, 4) is 0 Å². The fraction of sp³-hybridized carbons (Fsp3) is 0.467. The highest BCUT2D eigenvalue weighted by Crippen LogP contribution is 2.24. The summed E-state index contributed by atoms with van der Waals surface area (Å²) >= 11 is 0. The third kappa shape index (κ3) is 2.99. The number of hydrogen-bond acceptors (Lipinski definition) is 3. The maximum atomic E-state index is 11.9. The van der Waals surface area contributed by atoms with Crippen LogP contribution in [0.25, 0.3) is 0 Å². The molecular weight excluding hydrogens is 256 g/mol. The third-order valence-electron chi connectivity index (χ3n) is 3.71. The number of ether oxygens (including phenoxy) is 1. The number of anilines is 1. The minimum absolute atomic E-state index is 0.00210. The van der Waals surface area contributed by atoms with E-state index in [1.54, 1.807) is 0 Å². The number of nitrogens with one attached hydrogen (secondary N) is 2. The molecule has 2 aliphatic heterocycles. The maximum absolute atomic E-state index is 11.9. The van der Waals surface area contributed by atoms with Gasteiger partial charge in [-0.15, -0.1) is 0 Å². The molecule has 0 bridgehead atoms. The molecule has 0 saturated carbocycles. The van der Waals surface area contributed by atoms with E-state index in [0.29, 0.717) is 19.4 Å². The molecule has 1 atom stereocenters. The monoisotopic (exact) mass is 274 g/mol. The molecule has 1 saturated heterocycles. The molecule has 0 spiro atoms. The average Bonchev–Trinajstić information content (AvgIpc) is 3.04. The Bertz CT molecular complexity index is 536. The van der Waals surface area contributed by atoms with Crippen LogP contribution in [-0.2, 0) is 27.2 Å². The lowest BCUT2D eigenvalue weighted by Gasteiger charge is -2.11. The highest BCUT2D eigenvalue weighted by Gasteiger charge is 2.19. The summed E-state index contributed by atoms with van der Waals surface area (Å²) in [5, 5.41) is 5.69. The van der Waals surface area contributed by atoms with Gasteiger partial charge in [0.05, 0.1) is 18.9 Å². The van der Waals surface area contributed by atoms with Crippen molar-refractivity contribution in [1.29, 1.82) is 0 Å². The predicted octanol–water partition coefficient (Wildman–Crippen LogP) is 1.02. The minimum Gasteiger partial charge on any atom is -0.376 e. The molecule has 1 unspecified atom stereocenters. The summed E-state index contributed by atoms with van der Waals surface area (Å²) in [5.41, 5.74) is 2.77. The molecule has 2 heterocycles. The van der Waals surface area contributed by atoms with Crippen LogP contribution in [-0.4, -0.2) is 31.1 Å². The molecule has 2 aliphatic rings. The zero-order chi connectivity index (χ0) is 13.9. The van der Waals surface area contributed by atoms with E-state index in [4.69, 9.17) is 4.74 Å². The predicted molar refractivity (Wildman–Crippen MR) is 74.5 cm³/mol. The van der Waals surface area contributed by atoms with E-state index in [1.165, 1.54) is 0 Å². The summed E-state index contributed by atoms with van der Waals surface area (Å²) in [4.78, 5) is 23.2. The number of fused-ring (bicyclic) bond motifs is 1. The van der Waals surface area contributed by atoms with Gasteiger partial charge in [0.1, 0.15) is 0 Å². The summed E-state index contributed by atoms with van der Waals surface area (Å²) in [6.45, 7) is 1.39. The Morgan fingerprint density at radius 3 is 3.15 bits per heavy atom. The van der Waals surface area contributed by atoms with Crippen molar-refractivity contribution in [2.75, 3.05) is 18.5 Å². The van der Waals surface area contributed by atoms with Crippen LogP contribution in [0, 0.1) is 0 Å². The lowest BCUT2D eigenvalue weighted by atomic mass is 10.1. The molecule has 2 amide bonds. The number of carbonyl (C=O) groups is 2. The minimum atomic E-state index is -0.00210. The highest BCUT2D eigenvalue weighted by molar-refractivity contribution is 5.99. The van der Waals surface area contributed by atoms with Crippen LogP contribution >= 0.6 is 0 Å². The standard InChI is InChI=1S/C15H18N2O3/c18-14(16-9-12-2-1-5-20-12)7-10-3-4-13-11(6-10)8-15(19)17-13/h3-4,6,12H,1-2,5,7-9H2,(H,16,18)(H,17,19). The number of benzene rings is 1. The molecule has 5 nitrogen and oxygen atoms in total. The summed E-state index contributed by atoms with van der Waals surface area (Å²) < 4.78 is 5.47. The lowest BCUT2D eigenvalue weighted by molar-refractivity contribution is -0.121. The van der Waals surface area contributed by atoms with Gasteiger partial charge in [0, 0.05) is 18.8 Å². The average molecular weight is 274 g/mol. The molecule has 1 fully saturated rings. The summed E-state index contributed by atoms with van der Waals surface area (Å²) in [6, 6.07) is 5.68. The fourth-order valence-corrected chi connectivity index (χ4v) is 2.67. The van der Waals surface area contributed by atoms with Gasteiger partial charge in [0.25, 0.3) is 0 Å². The lowest BCUT2D eigenvalue weighted by Crippen LogP contribution is -2.32. The molecule has 1 aromatic rings. The Morgan fingerprint density at radius 2 is 2.35 bits per heavy atom. The van der Waals surface area contributed by atoms with Crippen molar-refractivity contribution < 1.29 is 14.3 Å². The van der Waals surface area contributed by atoms with Crippen molar-refractivity contribution in [2.45, 2.75) is 31.8 Å². The van der Waals surface area contributed by atoms with E-state index >= 15 is 0 Å². The van der Waals surface area contributed by atoms with Crippen molar-refractivity contribution in [2.24, 2.45) is 0 Å². The van der Waals surface area contributed by atoms with Gasteiger partial charge < -0.3 is 15.4 Å². The highest BCUT2D eigenvalue weighted by atomic mass is 16.5. The van der Waals surface area contributed by atoms with Crippen LogP contribution in [0.5, 0.6) is 0 Å². The second-order valence-corrected chi connectivity index (χ2v) is 5.33. The quantitative estimate of drug-likeness (QED) is 0.861. The van der Waals surface area contributed by atoms with E-state index in [2.05, 4.69) is 10.6 Å². The van der Waals surface area contributed by atoms with Crippen LogP contribution < -0.4 is 10.6 Å². The van der Waals surface area contributed by atoms with Gasteiger partial charge in [-0.05, 0) is 30.0 Å². The van der Waals surface area contributed by atoms with E-state index < -0.39 is 0 Å². The Kier molecular flexibility index (Phi) is 3.69. The van der Waals surface area contributed by atoms with Gasteiger partial charge in [0.15, 0.2) is 0 Å². The van der Waals surface area contributed by atoms with Crippen LogP contribution in [0.15, 0.2) is 18.2 Å². The molecule has 0 radical (unpaired) electrons. The summed E-state index contributed by atoms with van der Waals surface area (Å²) in [7, 11) is 0. The van der Waals surface area contributed by atoms with E-state index in [1.807, 2.05) is 18.2 Å². The van der Waals surface area contributed by atoms with E-state index in [-0.39, 0.29) is 17.9 Å². The first-order valence-electron chi connectivity index (χ1n) is 7.00. The van der Waals surface area contributed by atoms with Crippen LogP contribution in [0.1, 0.15) is 24.0 Å². The fourth-order valence-electron chi connectivity index (χ4n) is 2.67. The molecule has 3 rings (SSSR count). The van der Waals surface area contributed by atoms with Gasteiger partial charge in [-0.1, -0.05) is 12.1 Å². The van der Waals surface area contributed by atoms with E-state index in [9.17, 15) is 9.59 Å². The SMILES string of the molecule is O=C(Cc1ccc2c(c1)CC(=O)N2)NCC1CCCO1. The van der Waals surface area contributed by atoms with Gasteiger partial charge in [-0.2, -0.15) is 0 Å². The molecular formula is C15H18N2O3. The Morgan fingerprint density at radius 1 is 1.45 bits per heavy atom. The van der Waals surface area contributed by atoms with Crippen LogP contribution in [0.2, 0.25) is 0 Å². The van der Waals surface area contributed by atoms with Gasteiger partial charge >= 0.3 is 0 Å². The topological polar surface area (TPSA) is 67.4 Å². The molecule has 5 heteroatoms. The normalized spacial score (nSPS) is 20.6. The third-order valence-corrected chi connectivity index (χ3v) is 3.71. The first-order chi connectivity index (χ1) is 9.70. The maximum Gasteiger partial charge on any atom is 0.228 e.